The van der Waals surface area contributed by atoms with Crippen LogP contribution < -0.4 is 5.32 Å². The number of nitro groups is 1. The summed E-state index contributed by atoms with van der Waals surface area (Å²) in [6.45, 7) is -0.0564. The minimum Gasteiger partial charge on any atom is -0.479 e. The summed E-state index contributed by atoms with van der Waals surface area (Å²) in [5, 5.41) is 30.0. The number of rotatable bonds is 6. The van der Waals surface area contributed by atoms with Gasteiger partial charge in [-0.25, -0.2) is 4.79 Å². The molecule has 1 heterocycles. The van der Waals surface area contributed by atoms with Crippen LogP contribution in [0.1, 0.15) is 16.9 Å². The molecule has 0 saturated heterocycles. The summed E-state index contributed by atoms with van der Waals surface area (Å²) in [6.07, 6.45) is -0.631. The minimum absolute atomic E-state index is 0.00786. The standard InChI is InChI=1S/C9H11N3O6/c13-7(9(15)16)1-2-10-8(14)6-3-5(4-11-6)12(17)18/h3-4,7,11,13H,1-2H2,(H,10,14)(H,15,16). The van der Waals surface area contributed by atoms with Crippen LogP contribution in [0.15, 0.2) is 12.3 Å². The monoisotopic (exact) mass is 257 g/mol. The van der Waals surface area contributed by atoms with Gasteiger partial charge in [0.25, 0.3) is 11.6 Å². The Morgan fingerprint density at radius 2 is 2.22 bits per heavy atom. The van der Waals surface area contributed by atoms with Crippen LogP contribution in [-0.4, -0.2) is 44.6 Å². The number of aromatic amines is 1. The molecular weight excluding hydrogens is 246 g/mol. The molecule has 0 radical (unpaired) electrons. The number of hydrogen-bond donors (Lipinski definition) is 4. The topological polar surface area (TPSA) is 146 Å². The maximum Gasteiger partial charge on any atom is 0.332 e. The zero-order valence-corrected chi connectivity index (χ0v) is 9.12. The molecule has 9 heteroatoms. The van der Waals surface area contributed by atoms with Crippen molar-refractivity contribution in [2.75, 3.05) is 6.54 Å². The van der Waals surface area contributed by atoms with E-state index < -0.39 is 22.9 Å². The van der Waals surface area contributed by atoms with Gasteiger partial charge in [0.05, 0.1) is 11.1 Å². The maximum absolute atomic E-state index is 11.4. The van der Waals surface area contributed by atoms with E-state index in [1.807, 2.05) is 0 Å². The van der Waals surface area contributed by atoms with Crippen molar-refractivity contribution < 1.29 is 24.7 Å². The predicted octanol–water partition coefficient (Wildman–Crippen LogP) is -0.512. The van der Waals surface area contributed by atoms with E-state index in [0.29, 0.717) is 0 Å². The first-order valence-corrected chi connectivity index (χ1v) is 4.93. The smallest absolute Gasteiger partial charge is 0.332 e. The van der Waals surface area contributed by atoms with Crippen LogP contribution in [-0.2, 0) is 4.79 Å². The molecule has 4 N–H and O–H groups in total. The van der Waals surface area contributed by atoms with Crippen molar-refractivity contribution in [3.8, 4) is 0 Å². The molecule has 18 heavy (non-hydrogen) atoms. The normalized spacial score (nSPS) is 11.8. The van der Waals surface area contributed by atoms with Crippen molar-refractivity contribution in [3.63, 3.8) is 0 Å². The molecule has 0 bridgehead atoms. The quantitative estimate of drug-likeness (QED) is 0.398. The molecule has 1 unspecified atom stereocenters. The largest absolute Gasteiger partial charge is 0.479 e. The Morgan fingerprint density at radius 3 is 2.72 bits per heavy atom. The van der Waals surface area contributed by atoms with Gasteiger partial charge in [0.15, 0.2) is 6.10 Å². The summed E-state index contributed by atoms with van der Waals surface area (Å²) < 4.78 is 0. The Morgan fingerprint density at radius 1 is 1.56 bits per heavy atom. The van der Waals surface area contributed by atoms with E-state index in [2.05, 4.69) is 10.3 Å². The Bertz CT molecular complexity index is 469. The predicted molar refractivity (Wildman–Crippen MR) is 58.0 cm³/mol. The Kier molecular flexibility index (Phi) is 4.38. The van der Waals surface area contributed by atoms with Crippen LogP contribution in [0.2, 0.25) is 0 Å². The molecular formula is C9H11N3O6. The fourth-order valence-corrected chi connectivity index (χ4v) is 1.16. The maximum atomic E-state index is 11.4. The number of H-pyrrole nitrogens is 1. The van der Waals surface area contributed by atoms with E-state index in [-0.39, 0.29) is 24.3 Å². The van der Waals surface area contributed by atoms with Gasteiger partial charge in [-0.1, -0.05) is 0 Å². The van der Waals surface area contributed by atoms with Gasteiger partial charge in [-0.15, -0.1) is 0 Å². The summed E-state index contributed by atoms with van der Waals surface area (Å²) in [6, 6.07) is 1.06. The molecule has 0 aliphatic rings. The molecule has 0 fully saturated rings. The van der Waals surface area contributed by atoms with Gasteiger partial charge in [0.2, 0.25) is 0 Å². The highest BCUT2D eigenvalue weighted by molar-refractivity contribution is 5.93. The lowest BCUT2D eigenvalue weighted by Gasteiger charge is -2.06. The van der Waals surface area contributed by atoms with Gasteiger partial charge in [0, 0.05) is 19.0 Å². The highest BCUT2D eigenvalue weighted by Crippen LogP contribution is 2.11. The number of aliphatic hydroxyl groups excluding tert-OH is 1. The number of hydrogen-bond acceptors (Lipinski definition) is 5. The molecule has 0 aliphatic heterocycles. The Hall–Kier alpha value is -2.42. The molecule has 0 saturated carbocycles. The fourth-order valence-electron chi connectivity index (χ4n) is 1.16. The minimum atomic E-state index is -1.55. The zero-order valence-electron chi connectivity index (χ0n) is 9.12. The molecule has 0 aromatic carbocycles. The highest BCUT2D eigenvalue weighted by Gasteiger charge is 2.16. The molecule has 1 amide bonds. The number of carboxylic acids is 1. The Labute approximate surface area is 101 Å². The van der Waals surface area contributed by atoms with E-state index >= 15 is 0 Å². The van der Waals surface area contributed by atoms with Gasteiger partial charge >= 0.3 is 5.97 Å². The van der Waals surface area contributed by atoms with Crippen LogP contribution in [0, 0.1) is 10.1 Å². The fraction of sp³-hybridized carbons (Fsp3) is 0.333. The van der Waals surface area contributed by atoms with Gasteiger partial charge in [-0.3, -0.25) is 14.9 Å². The van der Waals surface area contributed by atoms with Crippen molar-refractivity contribution in [1.82, 2.24) is 10.3 Å². The summed E-state index contributed by atoms with van der Waals surface area (Å²) in [7, 11) is 0. The van der Waals surface area contributed by atoms with Crippen molar-refractivity contribution in [2.24, 2.45) is 0 Å². The van der Waals surface area contributed by atoms with Gasteiger partial charge in [-0.05, 0) is 0 Å². The van der Waals surface area contributed by atoms with Crippen molar-refractivity contribution in [3.05, 3.63) is 28.1 Å². The van der Waals surface area contributed by atoms with Crippen molar-refractivity contribution >= 4 is 17.6 Å². The van der Waals surface area contributed by atoms with Crippen molar-refractivity contribution in [1.29, 1.82) is 0 Å². The van der Waals surface area contributed by atoms with Gasteiger partial charge < -0.3 is 20.5 Å². The van der Waals surface area contributed by atoms with E-state index in [9.17, 15) is 19.7 Å². The average molecular weight is 257 g/mol. The molecule has 98 valence electrons. The number of aromatic nitrogens is 1. The number of nitrogens with zero attached hydrogens (tertiary/aromatic N) is 1. The van der Waals surface area contributed by atoms with Crippen LogP contribution in [0.25, 0.3) is 0 Å². The van der Waals surface area contributed by atoms with Crippen molar-refractivity contribution in [2.45, 2.75) is 12.5 Å². The molecule has 0 aliphatic carbocycles. The first kappa shape index (κ1) is 13.6. The lowest BCUT2D eigenvalue weighted by molar-refractivity contribution is -0.384. The first-order valence-electron chi connectivity index (χ1n) is 4.93. The van der Waals surface area contributed by atoms with E-state index in [1.54, 1.807) is 0 Å². The third-order valence-electron chi connectivity index (χ3n) is 2.11. The summed E-state index contributed by atoms with van der Waals surface area (Å²) in [5.74, 6) is -1.99. The second-order valence-corrected chi connectivity index (χ2v) is 3.43. The SMILES string of the molecule is O=C(NCCC(O)C(=O)O)c1cc([N+](=O)[O-])c[nH]1. The lowest BCUT2D eigenvalue weighted by Crippen LogP contribution is -2.30. The number of carbonyl (C=O) groups is 2. The van der Waals surface area contributed by atoms with E-state index in [0.717, 1.165) is 12.3 Å². The lowest BCUT2D eigenvalue weighted by atomic mass is 10.2. The third kappa shape index (κ3) is 3.56. The Balaban J connectivity index is 2.45. The average Bonchev–Trinajstić information content (AvgIpc) is 2.77. The highest BCUT2D eigenvalue weighted by atomic mass is 16.6. The molecule has 1 rings (SSSR count). The first-order chi connectivity index (χ1) is 8.41. The third-order valence-corrected chi connectivity index (χ3v) is 2.11. The molecule has 1 aromatic heterocycles. The number of carbonyl (C=O) groups excluding carboxylic acids is 1. The van der Waals surface area contributed by atoms with E-state index in [4.69, 9.17) is 10.2 Å². The summed E-state index contributed by atoms with van der Waals surface area (Å²) in [4.78, 5) is 33.9. The second-order valence-electron chi connectivity index (χ2n) is 3.43. The molecule has 1 atom stereocenters. The number of aliphatic hydroxyl groups is 1. The summed E-state index contributed by atoms with van der Waals surface area (Å²) >= 11 is 0. The number of carboxylic acid groups (broad SMARTS) is 1. The van der Waals surface area contributed by atoms with Crippen LogP contribution in [0.4, 0.5) is 5.69 Å². The zero-order chi connectivity index (χ0) is 13.7. The van der Waals surface area contributed by atoms with Crippen LogP contribution in [0.3, 0.4) is 0 Å². The second kappa shape index (κ2) is 5.77. The molecule has 9 nitrogen and oxygen atoms in total. The summed E-state index contributed by atoms with van der Waals surface area (Å²) in [5.41, 5.74) is -0.253. The number of nitrogens with one attached hydrogen (secondary N) is 2. The number of amides is 1. The molecule has 1 aromatic rings. The van der Waals surface area contributed by atoms with Gasteiger partial charge in [-0.2, -0.15) is 0 Å². The molecule has 0 spiro atoms. The van der Waals surface area contributed by atoms with Gasteiger partial charge in [0.1, 0.15) is 5.69 Å². The van der Waals surface area contributed by atoms with E-state index in [1.165, 1.54) is 0 Å². The van der Waals surface area contributed by atoms with Crippen LogP contribution >= 0.6 is 0 Å². The van der Waals surface area contributed by atoms with Crippen LogP contribution in [0.5, 0.6) is 0 Å². The number of aliphatic carboxylic acids is 1.